The summed E-state index contributed by atoms with van der Waals surface area (Å²) in [5.41, 5.74) is 7.03. The Kier molecular flexibility index (Phi) is 1.90. The van der Waals surface area contributed by atoms with E-state index in [-0.39, 0.29) is 0 Å². The van der Waals surface area contributed by atoms with Gasteiger partial charge in [0, 0.05) is 18.3 Å². The first kappa shape index (κ1) is 6.36. The predicted molar refractivity (Wildman–Crippen MR) is 38.2 cm³/mol. The minimum atomic E-state index is 0.470. The van der Waals surface area contributed by atoms with E-state index in [0.29, 0.717) is 11.6 Å². The number of aromatic nitrogens is 1. The van der Waals surface area contributed by atoms with Crippen LogP contribution in [0.2, 0.25) is 0 Å². The Labute approximate surface area is 58.7 Å². The fourth-order valence-corrected chi connectivity index (χ4v) is 0.727. The number of nitrogen functional groups attached to an aromatic ring is 1. The number of hydrogen-bond donors (Lipinski definition) is 1. The second-order valence-corrected chi connectivity index (χ2v) is 2.03. The van der Waals surface area contributed by atoms with Crippen molar-refractivity contribution < 1.29 is 0 Å². The summed E-state index contributed by atoms with van der Waals surface area (Å²) >= 11 is 5.50. The molecule has 0 saturated heterocycles. The molecule has 0 aromatic carbocycles. The molecular formula is C6H7ClN2. The third-order valence-electron chi connectivity index (χ3n) is 0.970. The molecule has 0 spiro atoms. The van der Waals surface area contributed by atoms with Gasteiger partial charge in [-0.15, -0.1) is 11.6 Å². The Morgan fingerprint density at radius 1 is 1.56 bits per heavy atom. The number of nitrogens with zero attached hydrogens (tertiary/aromatic N) is 1. The Morgan fingerprint density at radius 2 is 2.33 bits per heavy atom. The molecule has 0 aliphatic rings. The zero-order valence-electron chi connectivity index (χ0n) is 4.84. The van der Waals surface area contributed by atoms with Gasteiger partial charge in [0.05, 0.1) is 5.69 Å². The van der Waals surface area contributed by atoms with Gasteiger partial charge < -0.3 is 5.73 Å². The summed E-state index contributed by atoms with van der Waals surface area (Å²) in [4.78, 5) is 3.85. The fourth-order valence-electron chi connectivity index (χ4n) is 0.581. The lowest BCUT2D eigenvalue weighted by Gasteiger charge is -1.93. The minimum Gasteiger partial charge on any atom is -0.397 e. The van der Waals surface area contributed by atoms with Crippen molar-refractivity contribution in [1.29, 1.82) is 0 Å². The molecule has 0 unspecified atom stereocenters. The second-order valence-electron chi connectivity index (χ2n) is 1.76. The first-order valence-corrected chi connectivity index (χ1v) is 3.12. The molecule has 2 nitrogen and oxygen atoms in total. The maximum Gasteiger partial charge on any atom is 0.0503 e. The quantitative estimate of drug-likeness (QED) is 0.602. The van der Waals surface area contributed by atoms with Crippen LogP contribution in [-0.4, -0.2) is 4.98 Å². The maximum atomic E-state index is 5.50. The van der Waals surface area contributed by atoms with Crippen LogP contribution in [-0.2, 0) is 5.88 Å². The molecule has 0 fully saturated rings. The van der Waals surface area contributed by atoms with E-state index >= 15 is 0 Å². The van der Waals surface area contributed by atoms with Crippen LogP contribution in [0.25, 0.3) is 0 Å². The average Bonchev–Trinajstić information content (AvgIpc) is 1.88. The Morgan fingerprint density at radius 3 is 2.78 bits per heavy atom. The lowest BCUT2D eigenvalue weighted by atomic mass is 10.3. The number of pyridine rings is 1. The van der Waals surface area contributed by atoms with E-state index < -0.39 is 0 Å². The van der Waals surface area contributed by atoms with Crippen molar-refractivity contribution in [2.75, 3.05) is 5.73 Å². The predicted octanol–water partition coefficient (Wildman–Crippen LogP) is 1.40. The topological polar surface area (TPSA) is 38.9 Å². The van der Waals surface area contributed by atoms with Crippen LogP contribution >= 0.6 is 11.6 Å². The number of alkyl halides is 1. The number of nitrogens with two attached hydrogens (primary N) is 1. The molecular weight excluding hydrogens is 136 g/mol. The third kappa shape index (κ3) is 1.57. The highest BCUT2D eigenvalue weighted by molar-refractivity contribution is 6.17. The molecule has 0 bridgehead atoms. The van der Waals surface area contributed by atoms with E-state index in [1.807, 2.05) is 0 Å². The standard InChI is InChI=1S/C6H7ClN2/c7-2-5-1-6(8)4-9-3-5/h1,3-4H,2,8H2. The minimum absolute atomic E-state index is 0.470. The molecule has 1 aromatic heterocycles. The highest BCUT2D eigenvalue weighted by Gasteiger charge is 1.88. The highest BCUT2D eigenvalue weighted by Crippen LogP contribution is 2.05. The summed E-state index contributed by atoms with van der Waals surface area (Å²) in [6.45, 7) is 0. The molecule has 1 rings (SSSR count). The van der Waals surface area contributed by atoms with Gasteiger partial charge in [-0.3, -0.25) is 4.98 Å². The van der Waals surface area contributed by atoms with Crippen molar-refractivity contribution in [3.05, 3.63) is 24.0 Å². The molecule has 1 aromatic rings. The van der Waals surface area contributed by atoms with Crippen LogP contribution in [0.3, 0.4) is 0 Å². The van der Waals surface area contributed by atoms with Crippen LogP contribution in [0.1, 0.15) is 5.56 Å². The molecule has 48 valence electrons. The van der Waals surface area contributed by atoms with E-state index in [4.69, 9.17) is 17.3 Å². The smallest absolute Gasteiger partial charge is 0.0503 e. The van der Waals surface area contributed by atoms with Crippen molar-refractivity contribution in [3.63, 3.8) is 0 Å². The summed E-state index contributed by atoms with van der Waals surface area (Å²) in [5, 5.41) is 0. The molecule has 0 aliphatic heterocycles. The molecule has 0 saturated carbocycles. The van der Waals surface area contributed by atoms with E-state index in [2.05, 4.69) is 4.98 Å². The summed E-state index contributed by atoms with van der Waals surface area (Å²) < 4.78 is 0. The van der Waals surface area contributed by atoms with Crippen molar-refractivity contribution in [2.24, 2.45) is 0 Å². The van der Waals surface area contributed by atoms with Gasteiger partial charge in [-0.05, 0) is 11.6 Å². The molecule has 3 heteroatoms. The summed E-state index contributed by atoms with van der Waals surface area (Å²) in [7, 11) is 0. The third-order valence-corrected chi connectivity index (χ3v) is 1.28. The number of rotatable bonds is 1. The van der Waals surface area contributed by atoms with Gasteiger partial charge in [-0.2, -0.15) is 0 Å². The van der Waals surface area contributed by atoms with Gasteiger partial charge in [-0.1, -0.05) is 0 Å². The Bertz CT molecular complexity index is 200. The fraction of sp³-hybridized carbons (Fsp3) is 0.167. The highest BCUT2D eigenvalue weighted by atomic mass is 35.5. The van der Waals surface area contributed by atoms with Crippen LogP contribution < -0.4 is 5.73 Å². The summed E-state index contributed by atoms with van der Waals surface area (Å²) in [6, 6.07) is 1.81. The molecule has 0 aliphatic carbocycles. The monoisotopic (exact) mass is 142 g/mol. The van der Waals surface area contributed by atoms with Gasteiger partial charge >= 0.3 is 0 Å². The van der Waals surface area contributed by atoms with Crippen LogP contribution in [0, 0.1) is 0 Å². The lowest BCUT2D eigenvalue weighted by Crippen LogP contribution is -1.87. The summed E-state index contributed by atoms with van der Waals surface area (Å²) in [6.07, 6.45) is 3.29. The van der Waals surface area contributed by atoms with Crippen LogP contribution in [0.4, 0.5) is 5.69 Å². The van der Waals surface area contributed by atoms with E-state index in [1.54, 1.807) is 18.5 Å². The molecule has 1 heterocycles. The Balaban J connectivity index is 2.94. The second kappa shape index (κ2) is 2.69. The van der Waals surface area contributed by atoms with Crippen molar-refractivity contribution in [3.8, 4) is 0 Å². The van der Waals surface area contributed by atoms with E-state index in [9.17, 15) is 0 Å². The molecule has 0 atom stereocenters. The van der Waals surface area contributed by atoms with Gasteiger partial charge in [-0.25, -0.2) is 0 Å². The normalized spacial score (nSPS) is 9.44. The number of halogens is 1. The molecule has 9 heavy (non-hydrogen) atoms. The summed E-state index contributed by atoms with van der Waals surface area (Å²) in [5.74, 6) is 0.470. The molecule has 0 amide bonds. The van der Waals surface area contributed by atoms with Gasteiger partial charge in [0.25, 0.3) is 0 Å². The largest absolute Gasteiger partial charge is 0.397 e. The van der Waals surface area contributed by atoms with Crippen molar-refractivity contribution >= 4 is 17.3 Å². The van der Waals surface area contributed by atoms with Crippen molar-refractivity contribution in [1.82, 2.24) is 4.98 Å². The number of hydrogen-bond acceptors (Lipinski definition) is 2. The molecule has 0 radical (unpaired) electrons. The zero-order valence-corrected chi connectivity index (χ0v) is 5.60. The van der Waals surface area contributed by atoms with Crippen LogP contribution in [0.5, 0.6) is 0 Å². The number of anilines is 1. The maximum absolute atomic E-state index is 5.50. The van der Waals surface area contributed by atoms with Crippen LogP contribution in [0.15, 0.2) is 18.5 Å². The first-order valence-electron chi connectivity index (χ1n) is 2.58. The van der Waals surface area contributed by atoms with Gasteiger partial charge in [0.1, 0.15) is 0 Å². The Hall–Kier alpha value is -0.760. The van der Waals surface area contributed by atoms with Gasteiger partial charge in [0.15, 0.2) is 0 Å². The molecule has 2 N–H and O–H groups in total. The lowest BCUT2D eigenvalue weighted by molar-refractivity contribution is 1.25. The van der Waals surface area contributed by atoms with Gasteiger partial charge in [0.2, 0.25) is 0 Å². The van der Waals surface area contributed by atoms with E-state index in [0.717, 1.165) is 5.56 Å². The van der Waals surface area contributed by atoms with E-state index in [1.165, 1.54) is 0 Å². The average molecular weight is 143 g/mol. The van der Waals surface area contributed by atoms with Crippen molar-refractivity contribution in [2.45, 2.75) is 5.88 Å². The zero-order chi connectivity index (χ0) is 6.69. The SMILES string of the molecule is Nc1cncc(CCl)c1. The first-order chi connectivity index (χ1) is 4.33.